The normalized spacial score (nSPS) is 12.2. The van der Waals surface area contributed by atoms with E-state index in [0.29, 0.717) is 36.1 Å². The highest BCUT2D eigenvalue weighted by atomic mass is 35.5. The van der Waals surface area contributed by atoms with Crippen LogP contribution in [0.25, 0.3) is 0 Å². The molecular weight excluding hydrogens is 383 g/mol. The van der Waals surface area contributed by atoms with Crippen LogP contribution in [0.1, 0.15) is 25.3 Å². The number of rotatable bonds is 10. The number of hydrogen-bond acceptors (Lipinski definition) is 3. The number of hydrogen-bond donors (Lipinski definition) is 3. The van der Waals surface area contributed by atoms with Crippen LogP contribution in [0.15, 0.2) is 23.2 Å². The highest BCUT2D eigenvalue weighted by Crippen LogP contribution is 2.21. The molecule has 0 heterocycles. The Morgan fingerprint density at radius 2 is 1.92 bits per heavy atom. The third kappa shape index (κ3) is 10.5. The molecule has 0 spiro atoms. The molecule has 3 N–H and O–H groups in total. The minimum absolute atomic E-state index is 0.403. The zero-order valence-corrected chi connectivity index (χ0v) is 16.9. The number of benzene rings is 1. The lowest BCUT2D eigenvalue weighted by Gasteiger charge is -2.11. The van der Waals surface area contributed by atoms with E-state index in [0.717, 1.165) is 37.2 Å². The molecule has 0 radical (unpaired) electrons. The van der Waals surface area contributed by atoms with Gasteiger partial charge in [-0.3, -0.25) is 4.99 Å². The van der Waals surface area contributed by atoms with Gasteiger partial charge in [-0.1, -0.05) is 29.3 Å². The number of nitrogens with one attached hydrogen (secondary N) is 3. The molecular formula is C16H26Cl2N4O2S. The summed E-state index contributed by atoms with van der Waals surface area (Å²) in [6.07, 6.45) is 3.53. The number of sulfonamides is 1. The molecule has 0 aliphatic rings. The molecule has 0 saturated heterocycles. The number of nitrogens with zero attached hydrogens (tertiary/aromatic N) is 1. The summed E-state index contributed by atoms with van der Waals surface area (Å²) in [4.78, 5) is 4.51. The molecule has 142 valence electrons. The quantitative estimate of drug-likeness (QED) is 0.315. The van der Waals surface area contributed by atoms with Gasteiger partial charge in [-0.05, 0) is 43.9 Å². The number of aryl methyl sites for hydroxylation is 1. The molecule has 0 fully saturated rings. The minimum atomic E-state index is -3.13. The number of halogens is 2. The molecule has 0 saturated carbocycles. The molecule has 25 heavy (non-hydrogen) atoms. The lowest BCUT2D eigenvalue weighted by atomic mass is 10.1. The monoisotopic (exact) mass is 408 g/mol. The fourth-order valence-electron chi connectivity index (χ4n) is 2.08. The van der Waals surface area contributed by atoms with Crippen LogP contribution in [0.5, 0.6) is 0 Å². The molecule has 9 heteroatoms. The van der Waals surface area contributed by atoms with Crippen molar-refractivity contribution in [2.75, 3.05) is 32.4 Å². The SMILES string of the molecule is CCNC(=NCCCc1ccc(Cl)cc1Cl)NCCCNS(C)(=O)=O. The molecule has 6 nitrogen and oxygen atoms in total. The van der Waals surface area contributed by atoms with E-state index >= 15 is 0 Å². The second-order valence-corrected chi connectivity index (χ2v) is 8.22. The summed E-state index contributed by atoms with van der Waals surface area (Å²) in [5, 5.41) is 7.66. The summed E-state index contributed by atoms with van der Waals surface area (Å²) in [6, 6.07) is 5.52. The average Bonchev–Trinajstić information content (AvgIpc) is 2.51. The van der Waals surface area contributed by atoms with Gasteiger partial charge >= 0.3 is 0 Å². The van der Waals surface area contributed by atoms with Gasteiger partial charge in [0.25, 0.3) is 0 Å². The molecule has 0 atom stereocenters. The van der Waals surface area contributed by atoms with Crippen molar-refractivity contribution in [2.45, 2.75) is 26.2 Å². The average molecular weight is 409 g/mol. The van der Waals surface area contributed by atoms with E-state index in [-0.39, 0.29) is 0 Å². The molecule has 0 aliphatic heterocycles. The number of aliphatic imine (C=N–C) groups is 1. The third-order valence-electron chi connectivity index (χ3n) is 3.24. The Labute approximate surface area is 160 Å². The van der Waals surface area contributed by atoms with Crippen molar-refractivity contribution in [2.24, 2.45) is 4.99 Å². The summed E-state index contributed by atoms with van der Waals surface area (Å²) in [5.74, 6) is 0.726. The maximum atomic E-state index is 11.0. The number of guanidine groups is 1. The Kier molecular flexibility index (Phi) is 10.2. The van der Waals surface area contributed by atoms with Crippen molar-refractivity contribution in [3.63, 3.8) is 0 Å². The van der Waals surface area contributed by atoms with Crippen molar-refractivity contribution in [3.05, 3.63) is 33.8 Å². The predicted octanol–water partition coefficient (Wildman–Crippen LogP) is 2.42. The summed E-state index contributed by atoms with van der Waals surface area (Å²) >= 11 is 12.0. The van der Waals surface area contributed by atoms with Gasteiger partial charge in [-0.2, -0.15) is 0 Å². The van der Waals surface area contributed by atoms with Crippen LogP contribution in [0.2, 0.25) is 10.0 Å². The molecule has 1 rings (SSSR count). The first-order valence-electron chi connectivity index (χ1n) is 8.22. The lowest BCUT2D eigenvalue weighted by molar-refractivity contribution is 0.584. The van der Waals surface area contributed by atoms with Gasteiger partial charge in [0, 0.05) is 36.2 Å². The summed E-state index contributed by atoms with van der Waals surface area (Å²) in [5.41, 5.74) is 1.06. The predicted molar refractivity (Wildman–Crippen MR) is 106 cm³/mol. The molecule has 0 aromatic heterocycles. The molecule has 1 aromatic rings. The van der Waals surface area contributed by atoms with E-state index in [1.165, 1.54) is 0 Å². The van der Waals surface area contributed by atoms with E-state index in [1.807, 2.05) is 19.1 Å². The van der Waals surface area contributed by atoms with Crippen LogP contribution < -0.4 is 15.4 Å². The molecule has 0 bridgehead atoms. The molecule has 0 amide bonds. The van der Waals surface area contributed by atoms with Crippen LogP contribution in [0, 0.1) is 0 Å². The Bertz CT molecular complexity index is 666. The van der Waals surface area contributed by atoms with E-state index < -0.39 is 10.0 Å². The van der Waals surface area contributed by atoms with E-state index in [4.69, 9.17) is 23.2 Å². The van der Waals surface area contributed by atoms with Gasteiger partial charge < -0.3 is 10.6 Å². The van der Waals surface area contributed by atoms with Gasteiger partial charge in [-0.25, -0.2) is 13.1 Å². The highest BCUT2D eigenvalue weighted by molar-refractivity contribution is 7.88. The summed E-state index contributed by atoms with van der Waals surface area (Å²) in [6.45, 7) is 4.46. The van der Waals surface area contributed by atoms with Crippen molar-refractivity contribution >= 4 is 39.2 Å². The smallest absolute Gasteiger partial charge is 0.208 e. The van der Waals surface area contributed by atoms with E-state index in [9.17, 15) is 8.42 Å². The fraction of sp³-hybridized carbons (Fsp3) is 0.562. The first-order valence-corrected chi connectivity index (χ1v) is 10.9. The zero-order chi connectivity index (χ0) is 18.7. The van der Waals surface area contributed by atoms with Crippen molar-refractivity contribution in [1.29, 1.82) is 0 Å². The van der Waals surface area contributed by atoms with Crippen LogP contribution in [0.3, 0.4) is 0 Å². The maximum absolute atomic E-state index is 11.0. The van der Waals surface area contributed by atoms with Crippen LogP contribution >= 0.6 is 23.2 Å². The molecule has 1 aromatic carbocycles. The second-order valence-electron chi connectivity index (χ2n) is 5.55. The van der Waals surface area contributed by atoms with Crippen LogP contribution in [-0.4, -0.2) is 46.8 Å². The van der Waals surface area contributed by atoms with E-state index in [1.54, 1.807) is 6.07 Å². The minimum Gasteiger partial charge on any atom is -0.357 e. The first kappa shape index (κ1) is 22.0. The van der Waals surface area contributed by atoms with Gasteiger partial charge in [-0.15, -0.1) is 0 Å². The first-order chi connectivity index (χ1) is 11.8. The van der Waals surface area contributed by atoms with E-state index in [2.05, 4.69) is 20.3 Å². The Morgan fingerprint density at radius 3 is 2.56 bits per heavy atom. The Hall–Kier alpha value is -1.02. The second kappa shape index (κ2) is 11.6. The zero-order valence-electron chi connectivity index (χ0n) is 14.6. The third-order valence-corrected chi connectivity index (χ3v) is 4.56. The lowest BCUT2D eigenvalue weighted by Crippen LogP contribution is -2.38. The van der Waals surface area contributed by atoms with Gasteiger partial charge in [0.2, 0.25) is 10.0 Å². The Morgan fingerprint density at radius 1 is 1.16 bits per heavy atom. The summed E-state index contributed by atoms with van der Waals surface area (Å²) in [7, 11) is -3.13. The molecule has 0 aliphatic carbocycles. The topological polar surface area (TPSA) is 82.6 Å². The van der Waals surface area contributed by atoms with Gasteiger partial charge in [0.15, 0.2) is 5.96 Å². The molecule has 0 unspecified atom stereocenters. The van der Waals surface area contributed by atoms with Crippen LogP contribution in [-0.2, 0) is 16.4 Å². The maximum Gasteiger partial charge on any atom is 0.208 e. The standard InChI is InChI=1S/C16H26Cl2N4O2S/c1-3-19-16(21-10-5-11-22-25(2,23)24)20-9-4-6-13-7-8-14(17)12-15(13)18/h7-8,12,22H,3-6,9-11H2,1-2H3,(H2,19,20,21). The largest absolute Gasteiger partial charge is 0.357 e. The highest BCUT2D eigenvalue weighted by Gasteiger charge is 2.02. The van der Waals surface area contributed by atoms with Crippen molar-refractivity contribution in [3.8, 4) is 0 Å². The van der Waals surface area contributed by atoms with Crippen molar-refractivity contribution in [1.82, 2.24) is 15.4 Å². The Balaban J connectivity index is 2.34. The van der Waals surface area contributed by atoms with Gasteiger partial charge in [0.1, 0.15) is 0 Å². The van der Waals surface area contributed by atoms with Crippen molar-refractivity contribution < 1.29 is 8.42 Å². The summed E-state index contributed by atoms with van der Waals surface area (Å²) < 4.78 is 24.4. The van der Waals surface area contributed by atoms with Crippen LogP contribution in [0.4, 0.5) is 0 Å². The van der Waals surface area contributed by atoms with Gasteiger partial charge in [0.05, 0.1) is 6.26 Å². The fourth-order valence-corrected chi connectivity index (χ4v) is 3.10.